The Morgan fingerprint density at radius 1 is 1.00 bits per heavy atom. The molecule has 0 saturated heterocycles. The van der Waals surface area contributed by atoms with Gasteiger partial charge >= 0.3 is 0 Å². The molecule has 0 spiro atoms. The van der Waals surface area contributed by atoms with Crippen LogP contribution in [0.3, 0.4) is 0 Å². The second kappa shape index (κ2) is 4.75. The van der Waals surface area contributed by atoms with Crippen molar-refractivity contribution in [2.45, 2.75) is 13.3 Å². The topological polar surface area (TPSA) is 17.1 Å². The second-order valence-corrected chi connectivity index (χ2v) is 3.88. The number of benzene rings is 2. The van der Waals surface area contributed by atoms with Crippen molar-refractivity contribution in [1.82, 2.24) is 0 Å². The lowest BCUT2D eigenvalue weighted by molar-refractivity contribution is -0.107. The smallest absolute Gasteiger partial charge is 0.124 e. The van der Waals surface area contributed by atoms with Crippen molar-refractivity contribution < 1.29 is 4.79 Å². The van der Waals surface area contributed by atoms with Crippen molar-refractivity contribution in [3.63, 3.8) is 0 Å². The molecular formula is C15H14O. The molecule has 0 aliphatic heterocycles. The van der Waals surface area contributed by atoms with Gasteiger partial charge in [-0.2, -0.15) is 0 Å². The van der Waals surface area contributed by atoms with Crippen LogP contribution in [-0.2, 0) is 11.2 Å². The molecule has 0 atom stereocenters. The summed E-state index contributed by atoms with van der Waals surface area (Å²) in [7, 11) is 0. The van der Waals surface area contributed by atoms with Gasteiger partial charge in [-0.05, 0) is 29.2 Å². The Balaban J connectivity index is 2.43. The summed E-state index contributed by atoms with van der Waals surface area (Å²) >= 11 is 0. The largest absolute Gasteiger partial charge is 0.303 e. The zero-order chi connectivity index (χ0) is 11.4. The first-order valence-corrected chi connectivity index (χ1v) is 5.40. The molecule has 0 amide bonds. The highest BCUT2D eigenvalue weighted by atomic mass is 16.1. The van der Waals surface area contributed by atoms with E-state index in [-0.39, 0.29) is 0 Å². The number of hydrogen-bond acceptors (Lipinski definition) is 1. The number of aldehydes is 1. The maximum absolute atomic E-state index is 10.6. The minimum absolute atomic E-state index is 0.493. The summed E-state index contributed by atoms with van der Waals surface area (Å²) in [6.45, 7) is 2.04. The first-order valence-electron chi connectivity index (χ1n) is 5.40. The molecular weight excluding hydrogens is 196 g/mol. The SMILES string of the molecule is Cc1ccc(-c2ccccc2)cc1CC=O. The number of carbonyl (C=O) groups excluding carboxylic acids is 1. The van der Waals surface area contributed by atoms with Gasteiger partial charge in [0, 0.05) is 6.42 Å². The highest BCUT2D eigenvalue weighted by Crippen LogP contribution is 2.22. The Kier molecular flexibility index (Phi) is 3.16. The maximum atomic E-state index is 10.6. The van der Waals surface area contributed by atoms with E-state index in [0.717, 1.165) is 11.8 Å². The Labute approximate surface area is 95.7 Å². The van der Waals surface area contributed by atoms with E-state index in [1.54, 1.807) is 0 Å². The number of rotatable bonds is 3. The minimum Gasteiger partial charge on any atom is -0.303 e. The van der Waals surface area contributed by atoms with Crippen LogP contribution in [0.2, 0.25) is 0 Å². The van der Waals surface area contributed by atoms with Gasteiger partial charge in [0.25, 0.3) is 0 Å². The molecule has 80 valence electrons. The molecule has 0 saturated carbocycles. The molecule has 2 rings (SSSR count). The summed E-state index contributed by atoms with van der Waals surface area (Å²) in [5, 5.41) is 0. The standard InChI is InChI=1S/C15H14O/c1-12-7-8-15(11-14(12)9-10-16)13-5-3-2-4-6-13/h2-8,10-11H,9H2,1H3. The Hall–Kier alpha value is -1.89. The number of carbonyl (C=O) groups is 1. The van der Waals surface area contributed by atoms with Crippen LogP contribution in [-0.4, -0.2) is 6.29 Å². The molecule has 0 heterocycles. The third-order valence-corrected chi connectivity index (χ3v) is 2.76. The van der Waals surface area contributed by atoms with Crippen LogP contribution in [0.1, 0.15) is 11.1 Å². The van der Waals surface area contributed by atoms with E-state index < -0.39 is 0 Å². The van der Waals surface area contributed by atoms with E-state index in [0.29, 0.717) is 6.42 Å². The molecule has 0 fully saturated rings. The fourth-order valence-corrected chi connectivity index (χ4v) is 1.79. The van der Waals surface area contributed by atoms with Gasteiger partial charge in [0.15, 0.2) is 0 Å². The van der Waals surface area contributed by atoms with Gasteiger partial charge in [-0.1, -0.05) is 48.5 Å². The van der Waals surface area contributed by atoms with E-state index in [1.165, 1.54) is 16.7 Å². The molecule has 16 heavy (non-hydrogen) atoms. The van der Waals surface area contributed by atoms with Gasteiger partial charge in [0.2, 0.25) is 0 Å². The molecule has 0 aromatic heterocycles. The third kappa shape index (κ3) is 2.19. The summed E-state index contributed by atoms with van der Waals surface area (Å²) in [5.74, 6) is 0. The molecule has 1 heteroatoms. The predicted octanol–water partition coefficient (Wildman–Crippen LogP) is 3.40. The van der Waals surface area contributed by atoms with Crippen molar-refractivity contribution in [2.75, 3.05) is 0 Å². The van der Waals surface area contributed by atoms with E-state index in [4.69, 9.17) is 0 Å². The average Bonchev–Trinajstić information content (AvgIpc) is 2.33. The molecule has 1 nitrogen and oxygen atoms in total. The summed E-state index contributed by atoms with van der Waals surface area (Å²) in [6, 6.07) is 16.5. The van der Waals surface area contributed by atoms with Gasteiger partial charge in [-0.15, -0.1) is 0 Å². The lowest BCUT2D eigenvalue weighted by atomic mass is 9.98. The van der Waals surface area contributed by atoms with E-state index in [2.05, 4.69) is 30.3 Å². The molecule has 0 unspecified atom stereocenters. The molecule has 0 bridgehead atoms. The van der Waals surface area contributed by atoms with E-state index in [9.17, 15) is 4.79 Å². The fraction of sp³-hybridized carbons (Fsp3) is 0.133. The van der Waals surface area contributed by atoms with Crippen LogP contribution >= 0.6 is 0 Å². The van der Waals surface area contributed by atoms with Crippen LogP contribution in [0.5, 0.6) is 0 Å². The maximum Gasteiger partial charge on any atom is 0.124 e. The van der Waals surface area contributed by atoms with Crippen molar-refractivity contribution in [2.24, 2.45) is 0 Å². The normalized spacial score (nSPS) is 10.1. The van der Waals surface area contributed by atoms with Crippen LogP contribution in [0.25, 0.3) is 11.1 Å². The van der Waals surface area contributed by atoms with Gasteiger partial charge in [-0.25, -0.2) is 0 Å². The first kappa shape index (κ1) is 10.6. The molecule has 2 aromatic rings. The Morgan fingerprint density at radius 3 is 2.44 bits per heavy atom. The van der Waals surface area contributed by atoms with Crippen molar-refractivity contribution >= 4 is 6.29 Å². The van der Waals surface area contributed by atoms with Crippen molar-refractivity contribution in [1.29, 1.82) is 0 Å². The zero-order valence-corrected chi connectivity index (χ0v) is 9.31. The highest BCUT2D eigenvalue weighted by molar-refractivity contribution is 5.66. The quantitative estimate of drug-likeness (QED) is 0.709. The fourth-order valence-electron chi connectivity index (χ4n) is 1.79. The predicted molar refractivity (Wildman–Crippen MR) is 66.4 cm³/mol. The number of aryl methyl sites for hydroxylation is 1. The van der Waals surface area contributed by atoms with Crippen LogP contribution in [0, 0.1) is 6.92 Å². The average molecular weight is 210 g/mol. The van der Waals surface area contributed by atoms with Crippen molar-refractivity contribution in [3.05, 3.63) is 59.7 Å². The second-order valence-electron chi connectivity index (χ2n) is 3.88. The van der Waals surface area contributed by atoms with E-state index >= 15 is 0 Å². The summed E-state index contributed by atoms with van der Waals surface area (Å²) < 4.78 is 0. The van der Waals surface area contributed by atoms with Gasteiger partial charge in [0.05, 0.1) is 0 Å². The summed E-state index contributed by atoms with van der Waals surface area (Å²) in [5.41, 5.74) is 4.64. The highest BCUT2D eigenvalue weighted by Gasteiger charge is 2.01. The Morgan fingerprint density at radius 2 is 1.75 bits per heavy atom. The minimum atomic E-state index is 0.493. The first-order chi connectivity index (χ1) is 7.81. The van der Waals surface area contributed by atoms with Crippen LogP contribution in [0.4, 0.5) is 0 Å². The lowest BCUT2D eigenvalue weighted by Crippen LogP contribution is -1.91. The molecule has 2 aromatic carbocycles. The van der Waals surface area contributed by atoms with Crippen LogP contribution < -0.4 is 0 Å². The third-order valence-electron chi connectivity index (χ3n) is 2.76. The molecule has 0 N–H and O–H groups in total. The van der Waals surface area contributed by atoms with Crippen LogP contribution in [0.15, 0.2) is 48.5 Å². The molecule has 0 radical (unpaired) electrons. The van der Waals surface area contributed by atoms with Gasteiger partial charge < -0.3 is 4.79 Å². The van der Waals surface area contributed by atoms with Crippen molar-refractivity contribution in [3.8, 4) is 11.1 Å². The van der Waals surface area contributed by atoms with Gasteiger partial charge in [0.1, 0.15) is 6.29 Å². The zero-order valence-electron chi connectivity index (χ0n) is 9.31. The van der Waals surface area contributed by atoms with Gasteiger partial charge in [-0.3, -0.25) is 0 Å². The monoisotopic (exact) mass is 210 g/mol. The summed E-state index contributed by atoms with van der Waals surface area (Å²) in [4.78, 5) is 10.6. The molecule has 0 aliphatic rings. The lowest BCUT2D eigenvalue weighted by Gasteiger charge is -2.06. The number of hydrogen-bond donors (Lipinski definition) is 0. The molecule has 0 aliphatic carbocycles. The van der Waals surface area contributed by atoms with E-state index in [1.807, 2.05) is 25.1 Å². The Bertz CT molecular complexity index is 486. The summed E-state index contributed by atoms with van der Waals surface area (Å²) in [6.07, 6.45) is 1.45.